The minimum Gasteiger partial charge on any atom is -0.508 e. The smallest absolute Gasteiger partial charge is 0.295 e. The van der Waals surface area contributed by atoms with E-state index >= 15 is 0 Å². The van der Waals surface area contributed by atoms with Gasteiger partial charge in [0.2, 0.25) is 5.43 Å². The Hall–Kier alpha value is -2.64. The highest BCUT2D eigenvalue weighted by Gasteiger charge is 2.21. The molecule has 0 fully saturated rings. The molecule has 0 unspecified atom stereocenters. The number of phenols is 1. The van der Waals surface area contributed by atoms with Gasteiger partial charge in [-0.3, -0.25) is 9.35 Å². The number of fused-ring (bicyclic) bond motifs is 1. The van der Waals surface area contributed by atoms with Crippen LogP contribution in [0.5, 0.6) is 5.75 Å². The van der Waals surface area contributed by atoms with Crippen LogP contribution in [0.2, 0.25) is 0 Å². The molecule has 0 bridgehead atoms. The lowest BCUT2D eigenvalue weighted by molar-refractivity contribution is 0.474. The first kappa shape index (κ1) is 17.2. The Balaban J connectivity index is 2.37. The number of benzene rings is 2. The summed E-state index contributed by atoms with van der Waals surface area (Å²) in [6.07, 6.45) is 1.14. The van der Waals surface area contributed by atoms with E-state index in [0.717, 1.165) is 11.8 Å². The molecule has 0 saturated carbocycles. The van der Waals surface area contributed by atoms with Crippen molar-refractivity contribution in [1.82, 2.24) is 0 Å². The van der Waals surface area contributed by atoms with E-state index in [4.69, 9.17) is 4.42 Å². The van der Waals surface area contributed by atoms with Crippen molar-refractivity contribution in [3.8, 4) is 16.9 Å². The summed E-state index contributed by atoms with van der Waals surface area (Å²) >= 11 is 0. The Morgan fingerprint density at radius 3 is 2.40 bits per heavy atom. The van der Waals surface area contributed by atoms with Crippen LogP contribution in [0.1, 0.15) is 25.3 Å². The van der Waals surface area contributed by atoms with Crippen molar-refractivity contribution in [3.63, 3.8) is 0 Å². The van der Waals surface area contributed by atoms with Crippen LogP contribution in [-0.4, -0.2) is 18.1 Å². The number of hydrogen-bond donors (Lipinski definition) is 2. The van der Waals surface area contributed by atoms with Crippen LogP contribution >= 0.6 is 0 Å². The highest BCUT2D eigenvalue weighted by atomic mass is 32.2. The summed E-state index contributed by atoms with van der Waals surface area (Å²) in [5.74, 6) is 0.0440. The second-order valence-corrected chi connectivity index (χ2v) is 7.43. The Morgan fingerprint density at radius 1 is 1.04 bits per heavy atom. The third kappa shape index (κ3) is 3.16. The minimum absolute atomic E-state index is 0.0216. The van der Waals surface area contributed by atoms with Crippen molar-refractivity contribution >= 4 is 21.1 Å². The van der Waals surface area contributed by atoms with Gasteiger partial charge in [-0.25, -0.2) is 0 Å². The van der Waals surface area contributed by atoms with Crippen molar-refractivity contribution in [3.05, 3.63) is 58.4 Å². The van der Waals surface area contributed by atoms with Crippen LogP contribution in [0.4, 0.5) is 0 Å². The second kappa shape index (κ2) is 6.02. The van der Waals surface area contributed by atoms with Crippen molar-refractivity contribution in [2.45, 2.75) is 24.7 Å². The highest BCUT2D eigenvalue weighted by Crippen LogP contribution is 2.30. The first-order valence-electron chi connectivity index (χ1n) is 7.55. The summed E-state index contributed by atoms with van der Waals surface area (Å²) in [5.41, 5.74) is 0.646. The van der Waals surface area contributed by atoms with E-state index in [1.165, 1.54) is 24.3 Å². The standard InChI is InChI=1S/C18H16O6S/c1-10(2)11-3-6-17(25(21,22)23)14(7-11)15-9-24-16-8-12(19)4-5-13(16)18(15)20/h3-10,19H,1-2H3,(H,21,22,23). The van der Waals surface area contributed by atoms with Gasteiger partial charge in [-0.15, -0.1) is 0 Å². The Morgan fingerprint density at radius 2 is 1.76 bits per heavy atom. The monoisotopic (exact) mass is 360 g/mol. The third-order valence-corrected chi connectivity index (χ3v) is 4.91. The maximum atomic E-state index is 12.8. The number of aromatic hydroxyl groups is 1. The molecule has 2 aromatic carbocycles. The molecule has 0 amide bonds. The van der Waals surface area contributed by atoms with Crippen LogP contribution < -0.4 is 5.43 Å². The van der Waals surface area contributed by atoms with Gasteiger partial charge in [0, 0.05) is 11.6 Å². The fourth-order valence-corrected chi connectivity index (χ4v) is 3.33. The van der Waals surface area contributed by atoms with E-state index < -0.39 is 15.5 Å². The number of hydrogen-bond acceptors (Lipinski definition) is 5. The van der Waals surface area contributed by atoms with Gasteiger partial charge in [0.05, 0.1) is 10.9 Å². The third-order valence-electron chi connectivity index (χ3n) is 4.00. The molecule has 3 aromatic rings. The van der Waals surface area contributed by atoms with E-state index in [2.05, 4.69) is 0 Å². The lowest BCUT2D eigenvalue weighted by Gasteiger charge is -2.12. The van der Waals surface area contributed by atoms with E-state index in [-0.39, 0.29) is 38.7 Å². The first-order chi connectivity index (χ1) is 11.7. The Labute approximate surface area is 144 Å². The highest BCUT2D eigenvalue weighted by molar-refractivity contribution is 7.86. The van der Waals surface area contributed by atoms with Crippen molar-refractivity contribution in [2.75, 3.05) is 0 Å². The van der Waals surface area contributed by atoms with Crippen molar-refractivity contribution in [2.24, 2.45) is 0 Å². The molecule has 0 aliphatic carbocycles. The fraction of sp³-hybridized carbons (Fsp3) is 0.167. The maximum Gasteiger partial charge on any atom is 0.295 e. The van der Waals surface area contributed by atoms with E-state index in [1.54, 1.807) is 12.1 Å². The zero-order valence-electron chi connectivity index (χ0n) is 13.6. The molecule has 1 heterocycles. The van der Waals surface area contributed by atoms with Crippen LogP contribution in [0.3, 0.4) is 0 Å². The van der Waals surface area contributed by atoms with Gasteiger partial charge >= 0.3 is 0 Å². The normalized spacial score (nSPS) is 12.0. The predicted octanol–water partition coefficient (Wildman–Crippen LogP) is 3.54. The van der Waals surface area contributed by atoms with Gasteiger partial charge < -0.3 is 9.52 Å². The number of rotatable bonds is 3. The minimum atomic E-state index is -4.52. The molecule has 0 atom stereocenters. The van der Waals surface area contributed by atoms with Crippen LogP contribution in [0.15, 0.2) is 56.8 Å². The molecular formula is C18H16O6S. The van der Waals surface area contributed by atoms with Crippen molar-refractivity contribution < 1.29 is 22.5 Å². The van der Waals surface area contributed by atoms with Gasteiger partial charge in [0.15, 0.2) is 0 Å². The van der Waals surface area contributed by atoms with Gasteiger partial charge in [0.1, 0.15) is 22.5 Å². The molecule has 0 spiro atoms. The molecule has 6 nitrogen and oxygen atoms in total. The largest absolute Gasteiger partial charge is 0.508 e. The summed E-state index contributed by atoms with van der Waals surface area (Å²) in [6.45, 7) is 3.86. The van der Waals surface area contributed by atoms with E-state index in [9.17, 15) is 22.9 Å². The second-order valence-electron chi connectivity index (χ2n) is 6.04. The molecule has 2 N–H and O–H groups in total. The summed E-state index contributed by atoms with van der Waals surface area (Å²) < 4.78 is 38.3. The zero-order chi connectivity index (χ0) is 18.4. The molecule has 0 aliphatic rings. The average Bonchev–Trinajstić information content (AvgIpc) is 2.53. The SMILES string of the molecule is CC(C)c1ccc(S(=O)(=O)O)c(-c2coc3cc(O)ccc3c2=O)c1. The Kier molecular flexibility index (Phi) is 4.14. The quantitative estimate of drug-likeness (QED) is 0.692. The summed E-state index contributed by atoms with van der Waals surface area (Å²) in [5, 5.41) is 9.68. The van der Waals surface area contributed by atoms with Crippen LogP contribution in [-0.2, 0) is 10.1 Å². The summed E-state index contributed by atoms with van der Waals surface area (Å²) in [7, 11) is -4.52. The van der Waals surface area contributed by atoms with Crippen LogP contribution in [0, 0.1) is 0 Å². The molecule has 0 aliphatic heterocycles. The maximum absolute atomic E-state index is 12.8. The molecular weight excluding hydrogens is 344 g/mol. The molecule has 3 rings (SSSR count). The molecule has 130 valence electrons. The summed E-state index contributed by atoms with van der Waals surface area (Å²) in [6, 6.07) is 8.48. The number of phenolic OH excluding ortho intramolecular Hbond substituents is 1. The predicted molar refractivity (Wildman–Crippen MR) is 93.5 cm³/mol. The molecule has 1 aromatic heterocycles. The average molecular weight is 360 g/mol. The van der Waals surface area contributed by atoms with Gasteiger partial charge in [-0.2, -0.15) is 8.42 Å². The fourth-order valence-electron chi connectivity index (χ4n) is 2.65. The Bertz CT molecular complexity index is 1130. The van der Waals surface area contributed by atoms with Gasteiger partial charge in [0.25, 0.3) is 10.1 Å². The van der Waals surface area contributed by atoms with Crippen molar-refractivity contribution in [1.29, 1.82) is 0 Å². The first-order valence-corrected chi connectivity index (χ1v) is 8.99. The molecule has 25 heavy (non-hydrogen) atoms. The molecule has 0 saturated heterocycles. The lowest BCUT2D eigenvalue weighted by Crippen LogP contribution is -2.09. The van der Waals surface area contributed by atoms with E-state index in [1.807, 2.05) is 13.8 Å². The molecule has 7 heteroatoms. The van der Waals surface area contributed by atoms with E-state index in [0.29, 0.717) is 0 Å². The summed E-state index contributed by atoms with van der Waals surface area (Å²) in [4.78, 5) is 12.4. The van der Waals surface area contributed by atoms with Gasteiger partial charge in [-0.05, 0) is 35.7 Å². The lowest BCUT2D eigenvalue weighted by atomic mass is 9.97. The van der Waals surface area contributed by atoms with Gasteiger partial charge in [-0.1, -0.05) is 19.9 Å². The zero-order valence-corrected chi connectivity index (χ0v) is 14.4. The molecule has 0 radical (unpaired) electrons. The van der Waals surface area contributed by atoms with Crippen LogP contribution in [0.25, 0.3) is 22.1 Å². The topological polar surface area (TPSA) is 105 Å².